The highest BCUT2D eigenvalue weighted by Gasteiger charge is 2.19. The van der Waals surface area contributed by atoms with Crippen LogP contribution in [0.3, 0.4) is 0 Å². The molecular formula is C20H27N5O4S. The van der Waals surface area contributed by atoms with E-state index < -0.39 is 10.0 Å². The lowest BCUT2D eigenvalue weighted by Crippen LogP contribution is -2.33. The van der Waals surface area contributed by atoms with Crippen molar-refractivity contribution in [2.24, 2.45) is 0 Å². The first-order valence-electron chi connectivity index (χ1n) is 9.87. The maximum Gasteiger partial charge on any atom is 0.252 e. The van der Waals surface area contributed by atoms with Crippen molar-refractivity contribution in [2.45, 2.75) is 33.2 Å². The van der Waals surface area contributed by atoms with E-state index in [1.54, 1.807) is 42.3 Å². The van der Waals surface area contributed by atoms with Crippen molar-refractivity contribution >= 4 is 27.0 Å². The first kappa shape index (κ1) is 22.0. The fourth-order valence-electron chi connectivity index (χ4n) is 3.25. The van der Waals surface area contributed by atoms with E-state index in [1.165, 1.54) is 10.6 Å². The zero-order valence-electron chi connectivity index (χ0n) is 17.6. The molecule has 3 heterocycles. The Balaban J connectivity index is 1.83. The summed E-state index contributed by atoms with van der Waals surface area (Å²) in [6, 6.07) is 5.32. The average Bonchev–Trinajstić information content (AvgIpc) is 3.35. The number of carbonyl (C=O) groups is 1. The van der Waals surface area contributed by atoms with E-state index in [0.717, 1.165) is 0 Å². The van der Waals surface area contributed by atoms with Gasteiger partial charge in [-0.2, -0.15) is 5.10 Å². The van der Waals surface area contributed by atoms with Gasteiger partial charge in [0, 0.05) is 25.7 Å². The molecule has 0 aromatic carbocycles. The minimum absolute atomic E-state index is 0.0776. The fourth-order valence-corrected chi connectivity index (χ4v) is 4.18. The number of rotatable bonds is 9. The summed E-state index contributed by atoms with van der Waals surface area (Å²) in [5.74, 6) is 0.301. The van der Waals surface area contributed by atoms with Gasteiger partial charge < -0.3 is 9.73 Å². The highest BCUT2D eigenvalue weighted by atomic mass is 32.2. The monoisotopic (exact) mass is 433 g/mol. The van der Waals surface area contributed by atoms with E-state index in [1.807, 2.05) is 13.8 Å². The molecule has 0 spiro atoms. The molecule has 0 aliphatic heterocycles. The molecule has 0 saturated carbocycles. The zero-order valence-corrected chi connectivity index (χ0v) is 18.4. The summed E-state index contributed by atoms with van der Waals surface area (Å²) < 4.78 is 32.0. The molecule has 0 atom stereocenters. The van der Waals surface area contributed by atoms with Gasteiger partial charge in [0.15, 0.2) is 11.4 Å². The lowest BCUT2D eigenvalue weighted by atomic mass is 10.1. The highest BCUT2D eigenvalue weighted by molar-refractivity contribution is 7.88. The van der Waals surface area contributed by atoms with Crippen molar-refractivity contribution in [3.63, 3.8) is 0 Å². The van der Waals surface area contributed by atoms with E-state index in [4.69, 9.17) is 4.42 Å². The number of fused-ring (bicyclic) bond motifs is 1. The molecule has 0 bridgehead atoms. The van der Waals surface area contributed by atoms with Crippen LogP contribution >= 0.6 is 0 Å². The van der Waals surface area contributed by atoms with Crippen LogP contribution in [0.15, 0.2) is 35.1 Å². The van der Waals surface area contributed by atoms with Crippen LogP contribution in [-0.4, -0.2) is 59.3 Å². The number of sulfonamides is 1. The van der Waals surface area contributed by atoms with E-state index in [-0.39, 0.29) is 11.9 Å². The number of carbonyl (C=O) groups excluding carboxylic acids is 1. The van der Waals surface area contributed by atoms with Crippen LogP contribution in [0.25, 0.3) is 22.5 Å². The Morgan fingerprint density at radius 3 is 2.73 bits per heavy atom. The summed E-state index contributed by atoms with van der Waals surface area (Å²) in [7, 11) is -3.24. The second-order valence-electron chi connectivity index (χ2n) is 7.32. The van der Waals surface area contributed by atoms with Gasteiger partial charge in [0.25, 0.3) is 5.91 Å². The van der Waals surface area contributed by atoms with Gasteiger partial charge in [0.1, 0.15) is 5.69 Å². The van der Waals surface area contributed by atoms with Crippen molar-refractivity contribution < 1.29 is 17.6 Å². The fraction of sp³-hybridized carbons (Fsp3) is 0.450. The first-order chi connectivity index (χ1) is 14.2. The second kappa shape index (κ2) is 8.97. The average molecular weight is 434 g/mol. The lowest BCUT2D eigenvalue weighted by Gasteiger charge is -2.17. The number of nitrogens with one attached hydrogen (secondary N) is 1. The summed E-state index contributed by atoms with van der Waals surface area (Å²) in [5.41, 5.74) is 1.61. The van der Waals surface area contributed by atoms with Gasteiger partial charge >= 0.3 is 0 Å². The van der Waals surface area contributed by atoms with E-state index in [0.29, 0.717) is 54.1 Å². The number of amides is 1. The third-order valence-corrected chi connectivity index (χ3v) is 6.14. The summed E-state index contributed by atoms with van der Waals surface area (Å²) >= 11 is 0. The van der Waals surface area contributed by atoms with Crippen molar-refractivity contribution in [1.29, 1.82) is 0 Å². The number of aromatic nitrogens is 3. The van der Waals surface area contributed by atoms with Crippen LogP contribution < -0.4 is 5.32 Å². The second-order valence-corrected chi connectivity index (χ2v) is 9.30. The van der Waals surface area contributed by atoms with Gasteiger partial charge in [-0.05, 0) is 38.5 Å². The Kier molecular flexibility index (Phi) is 6.57. The molecule has 1 amide bonds. The normalized spacial score (nSPS) is 12.2. The Hall–Kier alpha value is -2.72. The summed E-state index contributed by atoms with van der Waals surface area (Å²) in [6.45, 7) is 6.88. The molecular weight excluding hydrogens is 406 g/mol. The molecule has 0 fully saturated rings. The quantitative estimate of drug-likeness (QED) is 0.520. The maximum absolute atomic E-state index is 12.9. The van der Waals surface area contributed by atoms with Crippen LogP contribution in [0.5, 0.6) is 0 Å². The Morgan fingerprint density at radius 2 is 2.13 bits per heavy atom. The topological polar surface area (TPSA) is 110 Å². The highest BCUT2D eigenvalue weighted by Crippen LogP contribution is 2.26. The third kappa shape index (κ3) is 4.71. The summed E-state index contributed by atoms with van der Waals surface area (Å²) in [5, 5.41) is 7.92. The van der Waals surface area contributed by atoms with Crippen LogP contribution in [0.1, 0.15) is 43.6 Å². The molecule has 3 aromatic rings. The molecule has 0 saturated heterocycles. The molecule has 0 aliphatic rings. The summed E-state index contributed by atoms with van der Waals surface area (Å²) in [4.78, 5) is 17.6. The predicted molar refractivity (Wildman–Crippen MR) is 115 cm³/mol. The number of pyridine rings is 1. The zero-order chi connectivity index (χ0) is 21.9. The van der Waals surface area contributed by atoms with Gasteiger partial charge in [0.2, 0.25) is 10.0 Å². The van der Waals surface area contributed by atoms with Gasteiger partial charge in [-0.25, -0.2) is 22.4 Å². The molecule has 0 unspecified atom stereocenters. The van der Waals surface area contributed by atoms with E-state index in [2.05, 4.69) is 15.4 Å². The lowest BCUT2D eigenvalue weighted by molar-refractivity contribution is 0.0954. The van der Waals surface area contributed by atoms with Gasteiger partial charge in [-0.15, -0.1) is 0 Å². The molecule has 3 rings (SSSR count). The van der Waals surface area contributed by atoms with Crippen molar-refractivity contribution in [3.8, 4) is 11.5 Å². The smallest absolute Gasteiger partial charge is 0.252 e. The molecule has 30 heavy (non-hydrogen) atoms. The van der Waals surface area contributed by atoms with Crippen molar-refractivity contribution in [3.05, 3.63) is 36.2 Å². The van der Waals surface area contributed by atoms with Gasteiger partial charge in [0.05, 0.1) is 29.7 Å². The minimum Gasteiger partial charge on any atom is -0.463 e. The Morgan fingerprint density at radius 1 is 1.37 bits per heavy atom. The third-order valence-electron chi connectivity index (χ3n) is 4.77. The van der Waals surface area contributed by atoms with Crippen LogP contribution in [0.2, 0.25) is 0 Å². The predicted octanol–water partition coefficient (Wildman–Crippen LogP) is 2.67. The van der Waals surface area contributed by atoms with E-state index >= 15 is 0 Å². The maximum atomic E-state index is 12.9. The van der Waals surface area contributed by atoms with Crippen molar-refractivity contribution in [1.82, 2.24) is 24.4 Å². The largest absolute Gasteiger partial charge is 0.463 e. The molecule has 162 valence electrons. The summed E-state index contributed by atoms with van der Waals surface area (Å²) in [6.07, 6.45) is 4.90. The SMILES string of the molecule is CCN(CCCNC(=O)c1cc(-c2ccco2)nc2c1cnn2C(C)C)S(C)(=O)=O. The standard InChI is InChI=1S/C20H27N5O4S/c1-5-24(30(4,27)28)10-7-9-21-20(26)15-12-17(18-8-6-11-29-18)23-19-16(15)13-22-25(19)14(2)3/h6,8,11-14H,5,7,9-10H2,1-4H3,(H,21,26). The number of furan rings is 1. The Labute approximate surface area is 176 Å². The van der Waals surface area contributed by atoms with Crippen LogP contribution in [0, 0.1) is 0 Å². The molecule has 3 aromatic heterocycles. The molecule has 0 radical (unpaired) electrons. The number of hydrogen-bond donors (Lipinski definition) is 1. The molecule has 0 aliphatic carbocycles. The number of hydrogen-bond acceptors (Lipinski definition) is 6. The first-order valence-corrected chi connectivity index (χ1v) is 11.7. The molecule has 1 N–H and O–H groups in total. The Bertz CT molecular complexity index is 1120. The van der Waals surface area contributed by atoms with Crippen LogP contribution in [-0.2, 0) is 10.0 Å². The number of nitrogens with zero attached hydrogens (tertiary/aromatic N) is 4. The van der Waals surface area contributed by atoms with E-state index in [9.17, 15) is 13.2 Å². The van der Waals surface area contributed by atoms with Crippen LogP contribution in [0.4, 0.5) is 0 Å². The molecule has 9 nitrogen and oxygen atoms in total. The van der Waals surface area contributed by atoms with Gasteiger partial charge in [-0.1, -0.05) is 6.92 Å². The minimum atomic E-state index is -3.24. The van der Waals surface area contributed by atoms with Crippen molar-refractivity contribution in [2.75, 3.05) is 25.9 Å². The van der Waals surface area contributed by atoms with Gasteiger partial charge in [-0.3, -0.25) is 4.79 Å². The molecule has 10 heteroatoms.